The summed E-state index contributed by atoms with van der Waals surface area (Å²) < 4.78 is 5.32. The topological polar surface area (TPSA) is 64.4 Å². The number of carbonyl (C=O) groups excluding carboxylic acids is 1. The molecule has 0 aromatic heterocycles. The molecular weight excluding hydrogens is 192 g/mol. The summed E-state index contributed by atoms with van der Waals surface area (Å²) in [6, 6.07) is 1.09. The van der Waals surface area contributed by atoms with Crippen LogP contribution in [0.2, 0.25) is 0 Å². The van der Waals surface area contributed by atoms with Gasteiger partial charge < -0.3 is 15.8 Å². The summed E-state index contributed by atoms with van der Waals surface area (Å²) in [5.41, 5.74) is 5.30. The third kappa shape index (κ3) is 2.92. The summed E-state index contributed by atoms with van der Waals surface area (Å²) >= 11 is 0. The van der Waals surface area contributed by atoms with Crippen molar-refractivity contribution in [1.82, 2.24) is 5.32 Å². The number of hydrogen-bond acceptors (Lipinski definition) is 3. The summed E-state index contributed by atoms with van der Waals surface area (Å²) in [6.45, 7) is 1.73. The average molecular weight is 212 g/mol. The number of nitrogens with two attached hydrogens (primary N) is 1. The predicted octanol–water partition coefficient (Wildman–Crippen LogP) is 0.409. The van der Waals surface area contributed by atoms with Crippen molar-refractivity contribution >= 4 is 5.91 Å². The van der Waals surface area contributed by atoms with Gasteiger partial charge in [0.1, 0.15) is 0 Å². The van der Waals surface area contributed by atoms with Gasteiger partial charge in [-0.3, -0.25) is 4.79 Å². The van der Waals surface area contributed by atoms with Crippen molar-refractivity contribution in [3.63, 3.8) is 0 Å². The molecule has 0 aromatic rings. The van der Waals surface area contributed by atoms with Crippen LogP contribution >= 0.6 is 0 Å². The summed E-state index contributed by atoms with van der Waals surface area (Å²) in [7, 11) is 0. The van der Waals surface area contributed by atoms with Crippen LogP contribution in [0.3, 0.4) is 0 Å². The average Bonchev–Trinajstić information content (AvgIpc) is 2.71. The Hall–Kier alpha value is -0.610. The minimum absolute atomic E-state index is 0.114. The quantitative estimate of drug-likeness (QED) is 0.712. The van der Waals surface area contributed by atoms with Crippen LogP contribution in [0.25, 0.3) is 0 Å². The fraction of sp³-hybridized carbons (Fsp3) is 0.909. The first-order valence-electron chi connectivity index (χ1n) is 5.89. The number of primary amides is 1. The highest BCUT2D eigenvalue weighted by atomic mass is 16.5. The van der Waals surface area contributed by atoms with Crippen molar-refractivity contribution in [1.29, 1.82) is 0 Å². The minimum atomic E-state index is -0.127. The van der Waals surface area contributed by atoms with Crippen molar-refractivity contribution in [2.45, 2.75) is 44.2 Å². The highest BCUT2D eigenvalue weighted by molar-refractivity contribution is 5.76. The fourth-order valence-electron chi connectivity index (χ4n) is 2.54. The zero-order valence-corrected chi connectivity index (χ0v) is 9.08. The molecule has 86 valence electrons. The number of ether oxygens (including phenoxy) is 1. The van der Waals surface area contributed by atoms with Gasteiger partial charge in [0.05, 0.1) is 6.61 Å². The maximum absolute atomic E-state index is 11.0. The Bertz CT molecular complexity index is 219. The lowest BCUT2D eigenvalue weighted by Crippen LogP contribution is -2.42. The third-order valence-corrected chi connectivity index (χ3v) is 3.53. The molecule has 1 atom stereocenters. The van der Waals surface area contributed by atoms with Gasteiger partial charge in [0.2, 0.25) is 5.91 Å². The molecule has 1 heterocycles. The first kappa shape index (κ1) is 10.9. The maximum atomic E-state index is 11.0. The van der Waals surface area contributed by atoms with Gasteiger partial charge in [0, 0.05) is 24.6 Å². The van der Waals surface area contributed by atoms with E-state index in [1.54, 1.807) is 0 Å². The second kappa shape index (κ2) is 4.94. The summed E-state index contributed by atoms with van der Waals surface area (Å²) in [6.07, 6.45) is 5.16. The number of carbonyl (C=O) groups is 1. The third-order valence-electron chi connectivity index (χ3n) is 3.53. The fourth-order valence-corrected chi connectivity index (χ4v) is 2.54. The second-order valence-electron chi connectivity index (χ2n) is 4.68. The van der Waals surface area contributed by atoms with Crippen LogP contribution in [-0.4, -0.2) is 31.2 Å². The zero-order valence-electron chi connectivity index (χ0n) is 9.08. The van der Waals surface area contributed by atoms with E-state index in [4.69, 9.17) is 10.5 Å². The van der Waals surface area contributed by atoms with Gasteiger partial charge in [-0.2, -0.15) is 0 Å². The number of nitrogens with one attached hydrogen (secondary N) is 1. The van der Waals surface area contributed by atoms with Crippen molar-refractivity contribution in [2.75, 3.05) is 13.2 Å². The largest absolute Gasteiger partial charge is 0.380 e. The standard InChI is InChI=1S/C11H20N2O2/c12-11(14)8-1-3-9(4-2-8)13-10-5-6-15-7-10/h8-10,13H,1-7H2,(H2,12,14). The van der Waals surface area contributed by atoms with E-state index >= 15 is 0 Å². The summed E-state index contributed by atoms with van der Waals surface area (Å²) in [5.74, 6) is -0.0134. The molecule has 15 heavy (non-hydrogen) atoms. The van der Waals surface area contributed by atoms with E-state index in [0.29, 0.717) is 12.1 Å². The van der Waals surface area contributed by atoms with Gasteiger partial charge in [0.15, 0.2) is 0 Å². The lowest BCUT2D eigenvalue weighted by molar-refractivity contribution is -0.122. The normalized spacial score (nSPS) is 36.7. The first-order valence-corrected chi connectivity index (χ1v) is 5.89. The number of rotatable bonds is 3. The molecule has 4 nitrogen and oxygen atoms in total. The van der Waals surface area contributed by atoms with Gasteiger partial charge in [-0.15, -0.1) is 0 Å². The molecule has 0 aromatic carbocycles. The molecule has 0 radical (unpaired) electrons. The van der Waals surface area contributed by atoms with Gasteiger partial charge in [-0.25, -0.2) is 0 Å². The molecular formula is C11H20N2O2. The van der Waals surface area contributed by atoms with Gasteiger partial charge >= 0.3 is 0 Å². The second-order valence-corrected chi connectivity index (χ2v) is 4.68. The Kier molecular flexibility index (Phi) is 3.59. The maximum Gasteiger partial charge on any atom is 0.220 e. The van der Waals surface area contributed by atoms with E-state index in [2.05, 4.69) is 5.32 Å². The molecule has 1 aliphatic carbocycles. The van der Waals surface area contributed by atoms with Gasteiger partial charge in [0.25, 0.3) is 0 Å². The molecule has 3 N–H and O–H groups in total. The highest BCUT2D eigenvalue weighted by Gasteiger charge is 2.26. The molecule has 0 bridgehead atoms. The molecule has 0 spiro atoms. The van der Waals surface area contributed by atoms with Gasteiger partial charge in [-0.05, 0) is 32.1 Å². The highest BCUT2D eigenvalue weighted by Crippen LogP contribution is 2.24. The Morgan fingerprint density at radius 2 is 1.87 bits per heavy atom. The van der Waals surface area contributed by atoms with Crippen molar-refractivity contribution in [3.8, 4) is 0 Å². The zero-order chi connectivity index (χ0) is 10.7. The van der Waals surface area contributed by atoms with Crippen LogP contribution in [0.15, 0.2) is 0 Å². The van der Waals surface area contributed by atoms with E-state index in [1.807, 2.05) is 0 Å². The van der Waals surface area contributed by atoms with Crippen LogP contribution in [0.1, 0.15) is 32.1 Å². The Labute approximate surface area is 90.5 Å². The number of amides is 1. The Morgan fingerprint density at radius 1 is 1.13 bits per heavy atom. The lowest BCUT2D eigenvalue weighted by Gasteiger charge is -2.29. The molecule has 1 aliphatic heterocycles. The summed E-state index contributed by atoms with van der Waals surface area (Å²) in [5, 5.41) is 3.60. The van der Waals surface area contributed by atoms with Crippen LogP contribution in [0, 0.1) is 5.92 Å². The molecule has 2 rings (SSSR count). The van der Waals surface area contributed by atoms with E-state index in [0.717, 1.165) is 45.3 Å². The van der Waals surface area contributed by atoms with Crippen LogP contribution < -0.4 is 11.1 Å². The van der Waals surface area contributed by atoms with Crippen LogP contribution in [0.4, 0.5) is 0 Å². The molecule has 1 saturated carbocycles. The Balaban J connectivity index is 1.71. The minimum Gasteiger partial charge on any atom is -0.380 e. The van der Waals surface area contributed by atoms with E-state index in [9.17, 15) is 4.79 Å². The van der Waals surface area contributed by atoms with E-state index in [-0.39, 0.29) is 11.8 Å². The molecule has 2 aliphatic rings. The molecule has 1 saturated heterocycles. The Morgan fingerprint density at radius 3 is 2.40 bits per heavy atom. The molecule has 1 amide bonds. The SMILES string of the molecule is NC(=O)C1CCC(NC2CCOC2)CC1. The van der Waals surface area contributed by atoms with Crippen molar-refractivity contribution in [2.24, 2.45) is 11.7 Å². The van der Waals surface area contributed by atoms with Crippen molar-refractivity contribution < 1.29 is 9.53 Å². The van der Waals surface area contributed by atoms with Crippen molar-refractivity contribution in [3.05, 3.63) is 0 Å². The lowest BCUT2D eigenvalue weighted by atomic mass is 9.85. The van der Waals surface area contributed by atoms with Crippen LogP contribution in [-0.2, 0) is 9.53 Å². The first-order chi connectivity index (χ1) is 7.25. The summed E-state index contributed by atoms with van der Waals surface area (Å²) in [4.78, 5) is 11.0. The molecule has 4 heteroatoms. The number of hydrogen-bond donors (Lipinski definition) is 2. The van der Waals surface area contributed by atoms with Crippen LogP contribution in [0.5, 0.6) is 0 Å². The monoisotopic (exact) mass is 212 g/mol. The predicted molar refractivity (Wildman–Crippen MR) is 57.3 cm³/mol. The molecule has 2 fully saturated rings. The smallest absolute Gasteiger partial charge is 0.220 e. The molecule has 1 unspecified atom stereocenters. The van der Waals surface area contributed by atoms with E-state index in [1.165, 1.54) is 0 Å². The van der Waals surface area contributed by atoms with E-state index < -0.39 is 0 Å². The van der Waals surface area contributed by atoms with Gasteiger partial charge in [-0.1, -0.05) is 0 Å².